The number of rotatable bonds is 7. The molecule has 1 aliphatic rings. The average Bonchev–Trinajstić information content (AvgIpc) is 2.66. The van der Waals surface area contributed by atoms with Crippen LogP contribution in [-0.2, 0) is 11.2 Å². The van der Waals surface area contributed by atoms with Crippen LogP contribution < -0.4 is 0 Å². The number of aliphatic imine (C=N–C) groups is 1. The minimum absolute atomic E-state index is 0.300. The molecule has 0 aromatic heterocycles. The Morgan fingerprint density at radius 2 is 1.76 bits per heavy atom. The molecule has 2 aromatic carbocycles. The number of aryl methyl sites for hydroxylation is 2. The molecular formula is C23H29NO. The van der Waals surface area contributed by atoms with Gasteiger partial charge in [-0.2, -0.15) is 0 Å². The lowest BCUT2D eigenvalue weighted by molar-refractivity contribution is 0.137. The van der Waals surface area contributed by atoms with Crippen molar-refractivity contribution in [1.82, 2.24) is 0 Å². The van der Waals surface area contributed by atoms with E-state index in [-0.39, 0.29) is 0 Å². The highest BCUT2D eigenvalue weighted by molar-refractivity contribution is 5.94. The molecule has 2 heteroatoms. The highest BCUT2D eigenvalue weighted by atomic mass is 16.5. The molecule has 132 valence electrons. The number of ether oxygens (including phenoxy) is 1. The Hall–Kier alpha value is -2.09. The predicted molar refractivity (Wildman–Crippen MR) is 105 cm³/mol. The molecule has 0 aliphatic carbocycles. The van der Waals surface area contributed by atoms with Crippen molar-refractivity contribution in [1.29, 1.82) is 0 Å². The molecule has 0 unspecified atom stereocenters. The van der Waals surface area contributed by atoms with Gasteiger partial charge in [-0.3, -0.25) is 0 Å². The first-order valence-corrected chi connectivity index (χ1v) is 9.60. The molecule has 0 fully saturated rings. The molecule has 2 nitrogen and oxygen atoms in total. The number of unbranched alkanes of at least 4 members (excludes halogenated alkanes) is 1. The van der Waals surface area contributed by atoms with Gasteiger partial charge in [0.15, 0.2) is 0 Å². The Kier molecular flexibility index (Phi) is 6.27. The maximum Gasteiger partial charge on any atom is 0.216 e. The van der Waals surface area contributed by atoms with Crippen LogP contribution in [-0.4, -0.2) is 18.0 Å². The summed E-state index contributed by atoms with van der Waals surface area (Å²) in [7, 11) is 0. The summed E-state index contributed by atoms with van der Waals surface area (Å²) in [5.74, 6) is 0.838. The smallest absolute Gasteiger partial charge is 0.216 e. The van der Waals surface area contributed by atoms with Crippen LogP contribution in [0, 0.1) is 6.92 Å². The van der Waals surface area contributed by atoms with Gasteiger partial charge in [0.05, 0.1) is 6.04 Å². The molecule has 3 rings (SSSR count). The van der Waals surface area contributed by atoms with Crippen LogP contribution in [0.3, 0.4) is 0 Å². The van der Waals surface area contributed by atoms with E-state index in [1.165, 1.54) is 24.0 Å². The first kappa shape index (κ1) is 17.7. The van der Waals surface area contributed by atoms with Crippen molar-refractivity contribution in [2.24, 2.45) is 4.99 Å². The largest absolute Gasteiger partial charge is 0.474 e. The topological polar surface area (TPSA) is 21.6 Å². The third-order valence-corrected chi connectivity index (χ3v) is 4.90. The van der Waals surface area contributed by atoms with Gasteiger partial charge in [0.1, 0.15) is 6.10 Å². The van der Waals surface area contributed by atoms with Gasteiger partial charge in [0, 0.05) is 12.0 Å². The van der Waals surface area contributed by atoms with Crippen LogP contribution >= 0.6 is 0 Å². The Morgan fingerprint density at radius 1 is 1.00 bits per heavy atom. The summed E-state index contributed by atoms with van der Waals surface area (Å²) < 4.78 is 6.25. The van der Waals surface area contributed by atoms with Gasteiger partial charge in [-0.25, -0.2) is 4.99 Å². The quantitative estimate of drug-likeness (QED) is 0.634. The van der Waals surface area contributed by atoms with Gasteiger partial charge in [-0.05, 0) is 43.9 Å². The molecule has 0 saturated heterocycles. The summed E-state index contributed by atoms with van der Waals surface area (Å²) in [6, 6.07) is 19.6. The number of hydrogen-bond donors (Lipinski definition) is 0. The fourth-order valence-electron chi connectivity index (χ4n) is 3.37. The zero-order valence-corrected chi connectivity index (χ0v) is 15.4. The van der Waals surface area contributed by atoms with E-state index in [9.17, 15) is 0 Å². The van der Waals surface area contributed by atoms with Crippen LogP contribution in [0.1, 0.15) is 55.7 Å². The molecule has 0 N–H and O–H groups in total. The van der Waals surface area contributed by atoms with E-state index in [4.69, 9.17) is 9.73 Å². The van der Waals surface area contributed by atoms with E-state index in [2.05, 4.69) is 68.4 Å². The summed E-state index contributed by atoms with van der Waals surface area (Å²) in [5.41, 5.74) is 3.77. The fourth-order valence-corrected chi connectivity index (χ4v) is 3.37. The van der Waals surface area contributed by atoms with Crippen molar-refractivity contribution < 1.29 is 4.74 Å². The molecule has 2 atom stereocenters. The van der Waals surface area contributed by atoms with E-state index < -0.39 is 0 Å². The van der Waals surface area contributed by atoms with Crippen LogP contribution in [0.5, 0.6) is 0 Å². The monoisotopic (exact) mass is 335 g/mol. The first-order valence-electron chi connectivity index (χ1n) is 9.60. The van der Waals surface area contributed by atoms with Crippen molar-refractivity contribution in [3.63, 3.8) is 0 Å². The molecule has 0 spiro atoms. The molecule has 1 heterocycles. The lowest BCUT2D eigenvalue weighted by Crippen LogP contribution is -2.30. The molecule has 0 saturated carbocycles. The standard InChI is InChI=1S/C23H29NO/c1-3-4-10-22-17-21(16-13-19-8-6-5-7-9-19)24-23(25-22)20-14-11-18(2)12-15-20/h5-9,11-12,14-15,21-22H,3-4,10,13,16-17H2,1-2H3/t21-,22+/m0/s1. The third-order valence-electron chi connectivity index (χ3n) is 4.90. The van der Waals surface area contributed by atoms with Crippen molar-refractivity contribution in [3.05, 3.63) is 71.3 Å². The van der Waals surface area contributed by atoms with E-state index >= 15 is 0 Å². The minimum atomic E-state index is 0.300. The van der Waals surface area contributed by atoms with Crippen molar-refractivity contribution in [2.45, 2.75) is 64.5 Å². The van der Waals surface area contributed by atoms with Crippen LogP contribution in [0.4, 0.5) is 0 Å². The number of benzene rings is 2. The summed E-state index contributed by atoms with van der Waals surface area (Å²) in [6.45, 7) is 4.35. The average molecular weight is 335 g/mol. The zero-order chi connectivity index (χ0) is 17.5. The molecule has 25 heavy (non-hydrogen) atoms. The van der Waals surface area contributed by atoms with Gasteiger partial charge in [0.25, 0.3) is 0 Å². The molecule has 0 amide bonds. The van der Waals surface area contributed by atoms with Gasteiger partial charge in [-0.15, -0.1) is 0 Å². The fraction of sp³-hybridized carbons (Fsp3) is 0.435. The Morgan fingerprint density at radius 3 is 2.48 bits per heavy atom. The van der Waals surface area contributed by atoms with Crippen molar-refractivity contribution in [2.75, 3.05) is 0 Å². The van der Waals surface area contributed by atoms with Gasteiger partial charge < -0.3 is 4.74 Å². The lowest BCUT2D eigenvalue weighted by atomic mass is 9.97. The van der Waals surface area contributed by atoms with Crippen LogP contribution in [0.2, 0.25) is 0 Å². The molecule has 2 aromatic rings. The summed E-state index contributed by atoms with van der Waals surface area (Å²) in [5, 5.41) is 0. The van der Waals surface area contributed by atoms with Gasteiger partial charge in [-0.1, -0.05) is 67.8 Å². The SMILES string of the molecule is CCCC[C@@H]1C[C@H](CCc2ccccc2)N=C(c2ccc(C)cc2)O1. The molecule has 1 aliphatic heterocycles. The Bertz CT molecular complexity index is 675. The second kappa shape index (κ2) is 8.84. The van der Waals surface area contributed by atoms with Gasteiger partial charge in [0.2, 0.25) is 5.90 Å². The van der Waals surface area contributed by atoms with E-state index in [1.54, 1.807) is 0 Å². The Labute approximate surface area is 152 Å². The zero-order valence-electron chi connectivity index (χ0n) is 15.4. The maximum atomic E-state index is 6.25. The lowest BCUT2D eigenvalue weighted by Gasteiger charge is -2.29. The normalized spacial score (nSPS) is 20.0. The van der Waals surface area contributed by atoms with E-state index in [0.29, 0.717) is 12.1 Å². The molecule has 0 radical (unpaired) electrons. The third kappa shape index (κ3) is 5.19. The van der Waals surface area contributed by atoms with Crippen LogP contribution in [0.25, 0.3) is 0 Å². The molecular weight excluding hydrogens is 306 g/mol. The molecule has 0 bridgehead atoms. The second-order valence-electron chi connectivity index (χ2n) is 7.10. The van der Waals surface area contributed by atoms with Crippen molar-refractivity contribution in [3.8, 4) is 0 Å². The number of hydrogen-bond acceptors (Lipinski definition) is 2. The highest BCUT2D eigenvalue weighted by Crippen LogP contribution is 2.24. The number of nitrogens with zero attached hydrogens (tertiary/aromatic N) is 1. The van der Waals surface area contributed by atoms with E-state index in [1.807, 2.05) is 0 Å². The maximum absolute atomic E-state index is 6.25. The van der Waals surface area contributed by atoms with Crippen molar-refractivity contribution >= 4 is 5.90 Å². The van der Waals surface area contributed by atoms with Gasteiger partial charge >= 0.3 is 0 Å². The Balaban J connectivity index is 1.72. The minimum Gasteiger partial charge on any atom is -0.474 e. The highest BCUT2D eigenvalue weighted by Gasteiger charge is 2.25. The summed E-state index contributed by atoms with van der Waals surface area (Å²) in [6.07, 6.45) is 7.07. The van der Waals surface area contributed by atoms with E-state index in [0.717, 1.165) is 37.1 Å². The summed E-state index contributed by atoms with van der Waals surface area (Å²) in [4.78, 5) is 4.95. The summed E-state index contributed by atoms with van der Waals surface area (Å²) >= 11 is 0. The second-order valence-corrected chi connectivity index (χ2v) is 7.10. The van der Waals surface area contributed by atoms with Crippen LogP contribution in [0.15, 0.2) is 59.6 Å². The first-order chi connectivity index (χ1) is 12.2. The predicted octanol–water partition coefficient (Wildman–Crippen LogP) is 5.72.